The Hall–Kier alpha value is -1.16. The molecule has 0 aromatic carbocycles. The number of aryl methyl sites for hydroxylation is 2. The highest BCUT2D eigenvalue weighted by Gasteiger charge is 2.14. The van der Waals surface area contributed by atoms with Crippen LogP contribution in [-0.2, 0) is 12.8 Å². The molecule has 16 heavy (non-hydrogen) atoms. The fraction of sp³-hybridized carbons (Fsp3) is 0.667. The fourth-order valence-electron chi connectivity index (χ4n) is 2.16. The maximum atomic E-state index is 5.45. The van der Waals surface area contributed by atoms with Crippen molar-refractivity contribution in [3.05, 3.63) is 17.0 Å². The summed E-state index contributed by atoms with van der Waals surface area (Å²) in [6.45, 7) is 3.64. The molecule has 1 heterocycles. The molecule has 0 saturated carbocycles. The van der Waals surface area contributed by atoms with Crippen LogP contribution in [0.25, 0.3) is 0 Å². The van der Waals surface area contributed by atoms with Crippen LogP contribution in [0.1, 0.15) is 36.2 Å². The normalized spacial score (nSPS) is 14.6. The highest BCUT2D eigenvalue weighted by molar-refractivity contribution is 5.35. The zero-order chi connectivity index (χ0) is 11.4. The zero-order valence-electron chi connectivity index (χ0n) is 9.92. The van der Waals surface area contributed by atoms with E-state index in [1.807, 2.05) is 0 Å². The van der Waals surface area contributed by atoms with Gasteiger partial charge in [0, 0.05) is 17.9 Å². The van der Waals surface area contributed by atoms with Crippen LogP contribution in [-0.4, -0.2) is 23.1 Å². The van der Waals surface area contributed by atoms with E-state index in [9.17, 15) is 0 Å². The summed E-state index contributed by atoms with van der Waals surface area (Å²) in [5.41, 5.74) is 9.21. The molecule has 3 N–H and O–H groups in total. The molecule has 88 valence electrons. The molecule has 0 atom stereocenters. The lowest BCUT2D eigenvalue weighted by Gasteiger charge is -2.17. The number of hydrogen-bond donors (Lipinski definition) is 2. The predicted molar refractivity (Wildman–Crippen MR) is 65.6 cm³/mol. The Bertz CT molecular complexity index is 362. The van der Waals surface area contributed by atoms with Gasteiger partial charge in [-0.25, -0.2) is 9.97 Å². The molecule has 4 nitrogen and oxygen atoms in total. The van der Waals surface area contributed by atoms with Gasteiger partial charge in [0.05, 0.1) is 0 Å². The van der Waals surface area contributed by atoms with E-state index >= 15 is 0 Å². The summed E-state index contributed by atoms with van der Waals surface area (Å²) < 4.78 is 0. The van der Waals surface area contributed by atoms with E-state index in [0.717, 1.165) is 37.4 Å². The van der Waals surface area contributed by atoms with Crippen molar-refractivity contribution in [2.75, 3.05) is 18.4 Å². The van der Waals surface area contributed by atoms with E-state index < -0.39 is 0 Å². The molecule has 0 saturated heterocycles. The van der Waals surface area contributed by atoms with Gasteiger partial charge in [-0.2, -0.15) is 0 Å². The lowest BCUT2D eigenvalue weighted by atomic mass is 9.95. The average Bonchev–Trinajstić information content (AvgIpc) is 2.30. The summed E-state index contributed by atoms with van der Waals surface area (Å²) in [5.74, 6) is 0.770. The smallest absolute Gasteiger partial charge is 0.223 e. The van der Waals surface area contributed by atoms with Crippen LogP contribution in [0.2, 0.25) is 0 Å². The van der Waals surface area contributed by atoms with Crippen LogP contribution in [0, 0.1) is 6.92 Å². The van der Waals surface area contributed by atoms with Crippen LogP contribution < -0.4 is 11.1 Å². The van der Waals surface area contributed by atoms with Crippen molar-refractivity contribution in [3.8, 4) is 0 Å². The third kappa shape index (κ3) is 2.50. The number of hydrogen-bond acceptors (Lipinski definition) is 4. The second-order valence-electron chi connectivity index (χ2n) is 4.33. The van der Waals surface area contributed by atoms with Gasteiger partial charge in [-0.05, 0) is 51.1 Å². The standard InChI is InChI=1S/C12H20N4/c1-9-10-5-2-3-6-11(10)16-12(15-9)14-8-4-7-13/h2-8,13H2,1H3,(H,14,15,16). The van der Waals surface area contributed by atoms with Crippen LogP contribution >= 0.6 is 0 Å². The van der Waals surface area contributed by atoms with Gasteiger partial charge in [0.25, 0.3) is 0 Å². The van der Waals surface area contributed by atoms with Crippen LogP contribution in [0.4, 0.5) is 5.95 Å². The van der Waals surface area contributed by atoms with E-state index in [0.29, 0.717) is 6.54 Å². The van der Waals surface area contributed by atoms with Gasteiger partial charge in [0.15, 0.2) is 0 Å². The van der Waals surface area contributed by atoms with E-state index in [1.165, 1.54) is 24.1 Å². The molecule has 0 radical (unpaired) electrons. The molecule has 0 spiro atoms. The second-order valence-corrected chi connectivity index (χ2v) is 4.33. The lowest BCUT2D eigenvalue weighted by molar-refractivity contribution is 0.657. The molecule has 1 aromatic rings. The van der Waals surface area contributed by atoms with E-state index in [2.05, 4.69) is 22.2 Å². The topological polar surface area (TPSA) is 63.8 Å². The fourth-order valence-corrected chi connectivity index (χ4v) is 2.16. The maximum absolute atomic E-state index is 5.45. The molecule has 0 fully saturated rings. The Morgan fingerprint density at radius 3 is 2.88 bits per heavy atom. The minimum absolute atomic E-state index is 0.705. The highest BCUT2D eigenvalue weighted by atomic mass is 15.1. The molecule has 0 aliphatic heterocycles. The highest BCUT2D eigenvalue weighted by Crippen LogP contribution is 2.22. The van der Waals surface area contributed by atoms with Gasteiger partial charge >= 0.3 is 0 Å². The van der Waals surface area contributed by atoms with Crippen molar-refractivity contribution in [3.63, 3.8) is 0 Å². The zero-order valence-corrected chi connectivity index (χ0v) is 9.92. The molecular formula is C12H20N4. The van der Waals surface area contributed by atoms with Crippen molar-refractivity contribution in [1.82, 2.24) is 9.97 Å². The Labute approximate surface area is 96.7 Å². The van der Waals surface area contributed by atoms with Gasteiger partial charge in [0.1, 0.15) is 0 Å². The summed E-state index contributed by atoms with van der Waals surface area (Å²) in [4.78, 5) is 9.08. The van der Waals surface area contributed by atoms with Crippen molar-refractivity contribution >= 4 is 5.95 Å². The number of anilines is 1. The van der Waals surface area contributed by atoms with Gasteiger partial charge in [-0.15, -0.1) is 0 Å². The largest absolute Gasteiger partial charge is 0.354 e. The quantitative estimate of drug-likeness (QED) is 0.753. The molecule has 0 unspecified atom stereocenters. The first-order chi connectivity index (χ1) is 7.81. The Morgan fingerprint density at radius 1 is 1.25 bits per heavy atom. The van der Waals surface area contributed by atoms with Crippen molar-refractivity contribution in [1.29, 1.82) is 0 Å². The summed E-state index contributed by atoms with van der Waals surface area (Å²) >= 11 is 0. The summed E-state index contributed by atoms with van der Waals surface area (Å²) in [6.07, 6.45) is 5.73. The number of rotatable bonds is 4. The molecule has 0 amide bonds. The predicted octanol–water partition coefficient (Wildman–Crippen LogP) is 1.42. The van der Waals surface area contributed by atoms with Gasteiger partial charge < -0.3 is 11.1 Å². The summed E-state index contributed by atoms with van der Waals surface area (Å²) in [5, 5.41) is 3.23. The number of fused-ring (bicyclic) bond motifs is 1. The molecular weight excluding hydrogens is 200 g/mol. The van der Waals surface area contributed by atoms with Gasteiger partial charge in [-0.1, -0.05) is 0 Å². The minimum atomic E-state index is 0.705. The Morgan fingerprint density at radius 2 is 2.06 bits per heavy atom. The molecule has 1 aliphatic carbocycles. The second kappa shape index (κ2) is 5.25. The van der Waals surface area contributed by atoms with Crippen molar-refractivity contribution < 1.29 is 0 Å². The van der Waals surface area contributed by atoms with E-state index in [4.69, 9.17) is 5.73 Å². The monoisotopic (exact) mass is 220 g/mol. The third-order valence-corrected chi connectivity index (χ3v) is 3.05. The third-order valence-electron chi connectivity index (χ3n) is 3.05. The Balaban J connectivity index is 2.12. The molecule has 1 aliphatic rings. The lowest BCUT2D eigenvalue weighted by Crippen LogP contribution is -2.15. The maximum Gasteiger partial charge on any atom is 0.223 e. The van der Waals surface area contributed by atoms with E-state index in [-0.39, 0.29) is 0 Å². The number of nitrogens with zero attached hydrogens (tertiary/aromatic N) is 2. The van der Waals surface area contributed by atoms with Crippen LogP contribution in [0.15, 0.2) is 0 Å². The molecule has 2 rings (SSSR count). The minimum Gasteiger partial charge on any atom is -0.354 e. The summed E-state index contributed by atoms with van der Waals surface area (Å²) in [6, 6.07) is 0. The SMILES string of the molecule is Cc1nc(NCCCN)nc2c1CCCC2. The number of nitrogens with one attached hydrogen (secondary N) is 1. The molecule has 4 heteroatoms. The average molecular weight is 220 g/mol. The number of nitrogens with two attached hydrogens (primary N) is 1. The first-order valence-corrected chi connectivity index (χ1v) is 6.11. The first-order valence-electron chi connectivity index (χ1n) is 6.11. The molecule has 1 aromatic heterocycles. The van der Waals surface area contributed by atoms with E-state index in [1.54, 1.807) is 0 Å². The first kappa shape index (κ1) is 11.3. The van der Waals surface area contributed by atoms with Crippen molar-refractivity contribution in [2.24, 2.45) is 5.73 Å². The Kier molecular flexibility index (Phi) is 3.72. The van der Waals surface area contributed by atoms with Gasteiger partial charge in [-0.3, -0.25) is 0 Å². The molecule has 0 bridgehead atoms. The number of aromatic nitrogens is 2. The van der Waals surface area contributed by atoms with Gasteiger partial charge in [0.2, 0.25) is 5.95 Å². The summed E-state index contributed by atoms with van der Waals surface area (Å²) in [7, 11) is 0. The van der Waals surface area contributed by atoms with Crippen LogP contribution in [0.5, 0.6) is 0 Å². The van der Waals surface area contributed by atoms with Crippen molar-refractivity contribution in [2.45, 2.75) is 39.0 Å². The van der Waals surface area contributed by atoms with Crippen LogP contribution in [0.3, 0.4) is 0 Å².